The van der Waals surface area contributed by atoms with E-state index in [9.17, 15) is 13.2 Å². The van der Waals surface area contributed by atoms with Crippen LogP contribution in [0.15, 0.2) is 47.4 Å². The number of sulfonamides is 1. The van der Waals surface area contributed by atoms with Crippen molar-refractivity contribution in [3.63, 3.8) is 0 Å². The highest BCUT2D eigenvalue weighted by molar-refractivity contribution is 7.92. The second-order valence-corrected chi connectivity index (χ2v) is 7.02. The molecule has 0 radical (unpaired) electrons. The fourth-order valence-electron chi connectivity index (χ4n) is 1.72. The van der Waals surface area contributed by atoms with Gasteiger partial charge in [-0.25, -0.2) is 8.42 Å². The summed E-state index contributed by atoms with van der Waals surface area (Å²) in [6, 6.07) is 10.3. The molecule has 116 valence electrons. The van der Waals surface area contributed by atoms with Gasteiger partial charge in [0.05, 0.1) is 4.90 Å². The van der Waals surface area contributed by atoms with E-state index in [-0.39, 0.29) is 20.8 Å². The Morgan fingerprint density at radius 3 is 1.95 bits per heavy atom. The van der Waals surface area contributed by atoms with E-state index in [4.69, 9.17) is 23.2 Å². The van der Waals surface area contributed by atoms with Crippen LogP contribution in [0.2, 0.25) is 10.0 Å². The number of halogens is 2. The molecular weight excluding hydrogens is 347 g/mol. The topological polar surface area (TPSA) is 75.3 Å². The molecule has 8 heteroatoms. The summed E-state index contributed by atoms with van der Waals surface area (Å²) in [6.45, 7) is 1.39. The fraction of sp³-hybridized carbons (Fsp3) is 0.0714. The van der Waals surface area contributed by atoms with E-state index in [2.05, 4.69) is 10.0 Å². The summed E-state index contributed by atoms with van der Waals surface area (Å²) in [5.74, 6) is -0.207. The maximum atomic E-state index is 12.3. The van der Waals surface area contributed by atoms with Crippen molar-refractivity contribution in [1.82, 2.24) is 0 Å². The molecular formula is C14H12Cl2N2O3S. The Morgan fingerprint density at radius 1 is 0.955 bits per heavy atom. The van der Waals surface area contributed by atoms with Gasteiger partial charge in [0.2, 0.25) is 5.91 Å². The maximum Gasteiger partial charge on any atom is 0.261 e. The van der Waals surface area contributed by atoms with Gasteiger partial charge < -0.3 is 5.32 Å². The van der Waals surface area contributed by atoms with E-state index in [0.29, 0.717) is 11.4 Å². The second kappa shape index (κ2) is 6.56. The minimum Gasteiger partial charge on any atom is -0.326 e. The molecule has 5 nitrogen and oxygen atoms in total. The van der Waals surface area contributed by atoms with E-state index >= 15 is 0 Å². The lowest BCUT2D eigenvalue weighted by Gasteiger charge is -2.10. The molecule has 2 aromatic carbocycles. The lowest BCUT2D eigenvalue weighted by atomic mass is 10.3. The molecule has 2 aromatic rings. The van der Waals surface area contributed by atoms with Crippen LogP contribution in [-0.2, 0) is 14.8 Å². The monoisotopic (exact) mass is 358 g/mol. The zero-order valence-corrected chi connectivity index (χ0v) is 13.8. The number of hydrogen-bond acceptors (Lipinski definition) is 3. The van der Waals surface area contributed by atoms with Crippen LogP contribution in [0.4, 0.5) is 11.4 Å². The average Bonchev–Trinajstić information content (AvgIpc) is 2.39. The quantitative estimate of drug-likeness (QED) is 0.873. The highest BCUT2D eigenvalue weighted by atomic mass is 35.5. The van der Waals surface area contributed by atoms with Gasteiger partial charge in [0, 0.05) is 28.3 Å². The predicted octanol–water partition coefficient (Wildman–Crippen LogP) is 3.75. The molecule has 0 saturated heterocycles. The summed E-state index contributed by atoms with van der Waals surface area (Å²) in [5, 5.41) is 3.05. The van der Waals surface area contributed by atoms with Crippen LogP contribution in [-0.4, -0.2) is 14.3 Å². The van der Waals surface area contributed by atoms with Crippen molar-refractivity contribution in [1.29, 1.82) is 0 Å². The van der Waals surface area contributed by atoms with Crippen LogP contribution in [0.3, 0.4) is 0 Å². The van der Waals surface area contributed by atoms with E-state index in [1.807, 2.05) is 0 Å². The van der Waals surface area contributed by atoms with Crippen LogP contribution in [0.5, 0.6) is 0 Å². The number of hydrogen-bond donors (Lipinski definition) is 2. The number of rotatable bonds is 4. The number of nitrogens with one attached hydrogen (secondary N) is 2. The smallest absolute Gasteiger partial charge is 0.261 e. The van der Waals surface area contributed by atoms with Gasteiger partial charge in [-0.05, 0) is 42.5 Å². The molecule has 0 atom stereocenters. The van der Waals surface area contributed by atoms with E-state index in [1.54, 1.807) is 12.1 Å². The summed E-state index contributed by atoms with van der Waals surface area (Å²) >= 11 is 11.6. The molecule has 0 aliphatic carbocycles. The first-order valence-electron chi connectivity index (χ1n) is 6.13. The summed E-state index contributed by atoms with van der Waals surface area (Å²) in [7, 11) is -3.80. The lowest BCUT2D eigenvalue weighted by molar-refractivity contribution is -0.114. The third kappa shape index (κ3) is 4.37. The zero-order chi connectivity index (χ0) is 16.3. The SMILES string of the molecule is CC(=O)Nc1ccc(NS(=O)(=O)c2cc(Cl)cc(Cl)c2)cc1. The summed E-state index contributed by atoms with van der Waals surface area (Å²) in [6.07, 6.45) is 0. The number of anilines is 2. The van der Waals surface area contributed by atoms with Crippen molar-refractivity contribution in [2.45, 2.75) is 11.8 Å². The lowest BCUT2D eigenvalue weighted by Crippen LogP contribution is -2.13. The molecule has 0 unspecified atom stereocenters. The first-order chi connectivity index (χ1) is 10.3. The Kier molecular flexibility index (Phi) is 4.95. The largest absolute Gasteiger partial charge is 0.326 e. The molecule has 22 heavy (non-hydrogen) atoms. The van der Waals surface area contributed by atoms with Gasteiger partial charge in [-0.1, -0.05) is 23.2 Å². The molecule has 0 aliphatic heterocycles. The zero-order valence-electron chi connectivity index (χ0n) is 11.4. The molecule has 0 aromatic heterocycles. The van der Waals surface area contributed by atoms with Crippen LogP contribution < -0.4 is 10.0 Å². The summed E-state index contributed by atoms with van der Waals surface area (Å²) in [4.78, 5) is 10.9. The highest BCUT2D eigenvalue weighted by Gasteiger charge is 2.15. The Labute approximate surface area is 138 Å². The van der Waals surface area contributed by atoms with Crippen molar-refractivity contribution in [3.05, 3.63) is 52.5 Å². The maximum absolute atomic E-state index is 12.3. The Balaban J connectivity index is 2.23. The van der Waals surface area contributed by atoms with Gasteiger partial charge in [0.1, 0.15) is 0 Å². The van der Waals surface area contributed by atoms with Crippen LogP contribution in [0, 0.1) is 0 Å². The van der Waals surface area contributed by atoms with Crippen LogP contribution >= 0.6 is 23.2 Å². The van der Waals surface area contributed by atoms with Crippen molar-refractivity contribution in [3.8, 4) is 0 Å². The van der Waals surface area contributed by atoms with Gasteiger partial charge in [0.25, 0.3) is 10.0 Å². The van der Waals surface area contributed by atoms with E-state index < -0.39 is 10.0 Å². The van der Waals surface area contributed by atoms with Gasteiger partial charge in [-0.3, -0.25) is 9.52 Å². The van der Waals surface area contributed by atoms with Crippen molar-refractivity contribution in [2.24, 2.45) is 0 Å². The van der Waals surface area contributed by atoms with E-state index in [1.165, 1.54) is 37.3 Å². The van der Waals surface area contributed by atoms with Gasteiger partial charge in [0.15, 0.2) is 0 Å². The van der Waals surface area contributed by atoms with Gasteiger partial charge in [-0.15, -0.1) is 0 Å². The van der Waals surface area contributed by atoms with Crippen molar-refractivity contribution in [2.75, 3.05) is 10.0 Å². The van der Waals surface area contributed by atoms with E-state index in [0.717, 1.165) is 0 Å². The van der Waals surface area contributed by atoms with Gasteiger partial charge >= 0.3 is 0 Å². The first-order valence-corrected chi connectivity index (χ1v) is 8.37. The molecule has 0 bridgehead atoms. The molecule has 2 N–H and O–H groups in total. The number of carbonyl (C=O) groups is 1. The standard InChI is InChI=1S/C14H12Cl2N2O3S/c1-9(19)17-12-2-4-13(5-3-12)18-22(20,21)14-7-10(15)6-11(16)8-14/h2-8,18H,1H3,(H,17,19). The molecule has 2 rings (SSSR count). The molecule has 0 fully saturated rings. The Morgan fingerprint density at radius 2 is 1.45 bits per heavy atom. The first kappa shape index (κ1) is 16.6. The molecule has 0 saturated carbocycles. The minimum absolute atomic E-state index is 0.0315. The van der Waals surface area contributed by atoms with Gasteiger partial charge in [-0.2, -0.15) is 0 Å². The normalized spacial score (nSPS) is 11.0. The van der Waals surface area contributed by atoms with Crippen molar-refractivity contribution < 1.29 is 13.2 Å². The second-order valence-electron chi connectivity index (χ2n) is 4.47. The van der Waals surface area contributed by atoms with Crippen LogP contribution in [0.1, 0.15) is 6.92 Å². The summed E-state index contributed by atoms with van der Waals surface area (Å²) in [5.41, 5.74) is 0.923. The number of benzene rings is 2. The molecule has 0 spiro atoms. The highest BCUT2D eigenvalue weighted by Crippen LogP contribution is 2.24. The fourth-order valence-corrected chi connectivity index (χ4v) is 3.51. The molecule has 0 aliphatic rings. The Hall–Kier alpha value is -1.76. The third-order valence-electron chi connectivity index (χ3n) is 2.60. The van der Waals surface area contributed by atoms with Crippen LogP contribution in [0.25, 0.3) is 0 Å². The molecule has 1 amide bonds. The Bertz CT molecular complexity index is 785. The summed E-state index contributed by atoms with van der Waals surface area (Å²) < 4.78 is 27.0. The predicted molar refractivity (Wildman–Crippen MR) is 88.0 cm³/mol. The third-order valence-corrected chi connectivity index (χ3v) is 4.40. The number of amides is 1. The minimum atomic E-state index is -3.80. The van der Waals surface area contributed by atoms with Crippen molar-refractivity contribution >= 4 is 50.5 Å². The average molecular weight is 359 g/mol. The number of carbonyl (C=O) groups excluding carboxylic acids is 1. The molecule has 0 heterocycles.